The number of carbonyl (C=O) groups is 2. The first-order valence-electron chi connectivity index (χ1n) is 10.4. The molecule has 192 valence electrons. The maximum atomic E-state index is 13.4. The monoisotopic (exact) mass is 526 g/mol. The number of methoxy groups -OCH3 is 1. The van der Waals surface area contributed by atoms with Crippen LogP contribution in [0, 0.1) is 6.92 Å². The Morgan fingerprint density at radius 3 is 2.47 bits per heavy atom. The number of carbonyl (C=O) groups excluding carboxylic acids is 2. The summed E-state index contributed by atoms with van der Waals surface area (Å²) >= 11 is 6.28. The Labute approximate surface area is 209 Å². The molecule has 13 heteroatoms. The van der Waals surface area contributed by atoms with Crippen LogP contribution in [-0.2, 0) is 16.7 Å². The first-order chi connectivity index (χ1) is 17.0. The maximum Gasteiger partial charge on any atom is 0.493 e. The summed E-state index contributed by atoms with van der Waals surface area (Å²) < 4.78 is 51.4. The van der Waals surface area contributed by atoms with E-state index in [1.807, 2.05) is 0 Å². The molecular weight excluding hydrogens is 505 g/mol. The molecule has 0 aliphatic carbocycles. The molecule has 3 rings (SSSR count). The topological polar surface area (TPSA) is 109 Å². The Balaban J connectivity index is 2.17. The zero-order valence-electron chi connectivity index (χ0n) is 19.4. The number of anilines is 1. The van der Waals surface area contributed by atoms with Crippen LogP contribution in [0.2, 0.25) is 5.02 Å². The SMILES string of the molecule is COc1ccc(C(=O)N(OC(=O)C(F)(F)F)c2ccc(OCCN)c(-c3c(Cl)cnn3C)c2)c(C)c1. The molecule has 0 atom stereocenters. The fraction of sp³-hybridized carbons (Fsp3) is 0.261. The van der Waals surface area contributed by atoms with Gasteiger partial charge in [0, 0.05) is 24.7 Å². The molecule has 1 heterocycles. The largest absolute Gasteiger partial charge is 0.497 e. The van der Waals surface area contributed by atoms with Gasteiger partial charge in [0.05, 0.1) is 29.7 Å². The smallest absolute Gasteiger partial charge is 0.493 e. The summed E-state index contributed by atoms with van der Waals surface area (Å²) in [4.78, 5) is 29.7. The predicted octanol–water partition coefficient (Wildman–Crippen LogP) is 4.06. The van der Waals surface area contributed by atoms with E-state index in [0.29, 0.717) is 17.0 Å². The minimum atomic E-state index is -5.36. The lowest BCUT2D eigenvalue weighted by Crippen LogP contribution is -2.39. The summed E-state index contributed by atoms with van der Waals surface area (Å²) in [5, 5.41) is 4.54. The van der Waals surface area contributed by atoms with Crippen molar-refractivity contribution >= 4 is 29.2 Å². The van der Waals surface area contributed by atoms with E-state index in [0.717, 1.165) is 0 Å². The van der Waals surface area contributed by atoms with E-state index < -0.39 is 18.1 Å². The molecule has 2 aromatic carbocycles. The standard InChI is InChI=1S/C23H22ClF3N4O5/c1-13-10-15(34-3)5-6-16(13)21(32)31(36-22(33)23(25,26)27)14-4-7-19(35-9-8-28)17(11-14)20-18(24)12-29-30(20)2/h4-7,10-12H,8-9,28H2,1-3H3. The third-order valence-corrected chi connectivity index (χ3v) is 5.25. The number of amides is 1. The number of hydrogen-bond acceptors (Lipinski definition) is 7. The lowest BCUT2D eigenvalue weighted by molar-refractivity contribution is -0.199. The molecule has 0 bridgehead atoms. The summed E-state index contributed by atoms with van der Waals surface area (Å²) in [6, 6.07) is 8.28. The highest BCUT2D eigenvalue weighted by Gasteiger charge is 2.44. The number of hydroxylamine groups is 1. The Kier molecular flexibility index (Phi) is 8.10. The van der Waals surface area contributed by atoms with Crippen molar-refractivity contribution in [2.75, 3.05) is 25.3 Å². The molecular formula is C23H22ClF3N4O5. The van der Waals surface area contributed by atoms with Crippen LogP contribution in [-0.4, -0.2) is 48.1 Å². The highest BCUT2D eigenvalue weighted by atomic mass is 35.5. The molecule has 0 spiro atoms. The number of alkyl halides is 3. The van der Waals surface area contributed by atoms with Crippen LogP contribution in [0.3, 0.4) is 0 Å². The third kappa shape index (κ3) is 5.71. The van der Waals surface area contributed by atoms with Crippen molar-refractivity contribution in [1.82, 2.24) is 9.78 Å². The quantitative estimate of drug-likeness (QED) is 0.462. The van der Waals surface area contributed by atoms with Gasteiger partial charge >= 0.3 is 12.1 Å². The number of ether oxygens (including phenoxy) is 2. The van der Waals surface area contributed by atoms with Gasteiger partial charge in [-0.15, -0.1) is 5.06 Å². The minimum absolute atomic E-state index is 0.0191. The fourth-order valence-corrected chi connectivity index (χ4v) is 3.56. The van der Waals surface area contributed by atoms with E-state index in [1.165, 1.54) is 54.4 Å². The molecule has 0 aliphatic heterocycles. The van der Waals surface area contributed by atoms with Crippen molar-refractivity contribution in [1.29, 1.82) is 0 Å². The summed E-state index contributed by atoms with van der Waals surface area (Å²) in [5.41, 5.74) is 6.31. The van der Waals surface area contributed by atoms with Gasteiger partial charge in [0.2, 0.25) is 0 Å². The van der Waals surface area contributed by atoms with Gasteiger partial charge in [-0.2, -0.15) is 18.3 Å². The molecule has 0 saturated carbocycles. The van der Waals surface area contributed by atoms with Crippen LogP contribution in [0.15, 0.2) is 42.6 Å². The van der Waals surface area contributed by atoms with Gasteiger partial charge in [0.25, 0.3) is 5.91 Å². The van der Waals surface area contributed by atoms with Crippen molar-refractivity contribution in [2.45, 2.75) is 13.1 Å². The highest BCUT2D eigenvalue weighted by molar-refractivity contribution is 6.33. The Morgan fingerprint density at radius 2 is 1.92 bits per heavy atom. The number of nitrogens with zero attached hydrogens (tertiary/aromatic N) is 3. The van der Waals surface area contributed by atoms with Gasteiger partial charge < -0.3 is 20.0 Å². The maximum absolute atomic E-state index is 13.4. The second-order valence-corrected chi connectivity index (χ2v) is 7.85. The second-order valence-electron chi connectivity index (χ2n) is 7.44. The Bertz CT molecular complexity index is 1260. The molecule has 3 aromatic rings. The van der Waals surface area contributed by atoms with Crippen molar-refractivity contribution < 1.29 is 37.1 Å². The molecule has 0 unspecified atom stereocenters. The average molecular weight is 527 g/mol. The third-order valence-electron chi connectivity index (χ3n) is 4.98. The Hall–Kier alpha value is -3.77. The van der Waals surface area contributed by atoms with Crippen molar-refractivity contribution in [2.24, 2.45) is 12.8 Å². The Morgan fingerprint density at radius 1 is 1.19 bits per heavy atom. The number of benzene rings is 2. The summed E-state index contributed by atoms with van der Waals surface area (Å²) in [5.74, 6) is -2.90. The fourth-order valence-electron chi connectivity index (χ4n) is 3.30. The first kappa shape index (κ1) is 26.8. The summed E-state index contributed by atoms with van der Waals surface area (Å²) in [6.45, 7) is 1.87. The molecule has 36 heavy (non-hydrogen) atoms. The van der Waals surface area contributed by atoms with Crippen LogP contribution in [0.1, 0.15) is 15.9 Å². The van der Waals surface area contributed by atoms with Crippen molar-refractivity contribution in [3.8, 4) is 22.8 Å². The van der Waals surface area contributed by atoms with Gasteiger partial charge in [-0.25, -0.2) is 4.79 Å². The number of halogens is 4. The van der Waals surface area contributed by atoms with Crippen LogP contribution >= 0.6 is 11.6 Å². The van der Waals surface area contributed by atoms with Gasteiger partial charge in [0.15, 0.2) is 0 Å². The number of aryl methyl sites for hydroxylation is 2. The van der Waals surface area contributed by atoms with E-state index in [2.05, 4.69) is 9.94 Å². The number of aromatic nitrogens is 2. The number of nitrogens with two attached hydrogens (primary N) is 1. The second kappa shape index (κ2) is 10.9. The normalized spacial score (nSPS) is 11.2. The molecule has 0 fully saturated rings. The van der Waals surface area contributed by atoms with Crippen LogP contribution in [0.4, 0.5) is 18.9 Å². The highest BCUT2D eigenvalue weighted by Crippen LogP contribution is 2.38. The molecule has 9 nitrogen and oxygen atoms in total. The minimum Gasteiger partial charge on any atom is -0.497 e. The summed E-state index contributed by atoms with van der Waals surface area (Å²) in [7, 11) is 3.01. The van der Waals surface area contributed by atoms with E-state index in [4.69, 9.17) is 26.8 Å². The van der Waals surface area contributed by atoms with Crippen LogP contribution in [0.5, 0.6) is 11.5 Å². The number of rotatable bonds is 7. The molecule has 0 radical (unpaired) electrons. The average Bonchev–Trinajstić information content (AvgIpc) is 3.17. The number of hydrogen-bond donors (Lipinski definition) is 1. The molecule has 0 saturated heterocycles. The lowest BCUT2D eigenvalue weighted by atomic mass is 10.1. The van der Waals surface area contributed by atoms with E-state index in [-0.39, 0.29) is 45.8 Å². The van der Waals surface area contributed by atoms with Crippen molar-refractivity contribution in [3.05, 3.63) is 58.7 Å². The molecule has 2 N–H and O–H groups in total. The molecule has 1 aromatic heterocycles. The lowest BCUT2D eigenvalue weighted by Gasteiger charge is -2.24. The zero-order chi connectivity index (χ0) is 26.6. The predicted molar refractivity (Wildman–Crippen MR) is 125 cm³/mol. The van der Waals surface area contributed by atoms with Gasteiger partial charge in [-0.1, -0.05) is 11.6 Å². The summed E-state index contributed by atoms with van der Waals surface area (Å²) in [6.07, 6.45) is -3.99. The van der Waals surface area contributed by atoms with Gasteiger partial charge in [-0.05, 0) is 48.9 Å². The van der Waals surface area contributed by atoms with Gasteiger partial charge in [0.1, 0.15) is 18.1 Å². The molecule has 0 aliphatic rings. The van der Waals surface area contributed by atoms with Gasteiger partial charge in [-0.3, -0.25) is 9.48 Å². The van der Waals surface area contributed by atoms with E-state index in [1.54, 1.807) is 14.0 Å². The molecule has 1 amide bonds. The first-order valence-corrected chi connectivity index (χ1v) is 10.8. The zero-order valence-corrected chi connectivity index (χ0v) is 20.2. The van der Waals surface area contributed by atoms with Crippen LogP contribution < -0.4 is 20.3 Å². The van der Waals surface area contributed by atoms with E-state index in [9.17, 15) is 22.8 Å². The van der Waals surface area contributed by atoms with Crippen LogP contribution in [0.25, 0.3) is 11.3 Å². The van der Waals surface area contributed by atoms with E-state index >= 15 is 0 Å². The van der Waals surface area contributed by atoms with Crippen molar-refractivity contribution in [3.63, 3.8) is 0 Å².